The van der Waals surface area contributed by atoms with E-state index in [9.17, 15) is 0 Å². The van der Waals surface area contributed by atoms with Crippen LogP contribution in [0.5, 0.6) is 0 Å². The molecule has 2 aliphatic heterocycles. The Kier molecular flexibility index (Phi) is 3.85. The fourth-order valence-corrected chi connectivity index (χ4v) is 4.38. The highest BCUT2D eigenvalue weighted by molar-refractivity contribution is 5.69. The minimum Gasteiger partial charge on any atom is -0.336 e. The zero-order valence-electron chi connectivity index (χ0n) is 15.9. The summed E-state index contributed by atoms with van der Waals surface area (Å²) in [5.41, 5.74) is 6.53. The van der Waals surface area contributed by atoms with Gasteiger partial charge in [0.25, 0.3) is 0 Å². The van der Waals surface area contributed by atoms with E-state index in [2.05, 4.69) is 78.2 Å². The van der Waals surface area contributed by atoms with Crippen molar-refractivity contribution in [1.29, 1.82) is 0 Å². The molecule has 2 aliphatic rings. The molecule has 0 bridgehead atoms. The van der Waals surface area contributed by atoms with Crippen LogP contribution in [0.4, 0.5) is 17.5 Å². The van der Waals surface area contributed by atoms with Gasteiger partial charge in [0.2, 0.25) is 5.95 Å². The highest BCUT2D eigenvalue weighted by atomic mass is 15.3. The Balaban J connectivity index is 1.51. The molecule has 1 aromatic heterocycles. The van der Waals surface area contributed by atoms with Crippen molar-refractivity contribution in [1.82, 2.24) is 9.97 Å². The van der Waals surface area contributed by atoms with Gasteiger partial charge in [-0.1, -0.05) is 42.5 Å². The maximum absolute atomic E-state index is 5.00. The summed E-state index contributed by atoms with van der Waals surface area (Å²) in [5.74, 6) is 1.85. The van der Waals surface area contributed by atoms with Crippen molar-refractivity contribution >= 4 is 17.5 Å². The van der Waals surface area contributed by atoms with E-state index >= 15 is 0 Å². The molecular weight excluding hydrogens is 332 g/mol. The lowest BCUT2D eigenvalue weighted by molar-refractivity contribution is 0.699. The first-order chi connectivity index (χ1) is 13.2. The summed E-state index contributed by atoms with van der Waals surface area (Å²) in [6.07, 6.45) is 2.11. The molecule has 0 radical (unpaired) electrons. The first-order valence-electron chi connectivity index (χ1n) is 9.73. The van der Waals surface area contributed by atoms with Gasteiger partial charge >= 0.3 is 0 Å². The van der Waals surface area contributed by atoms with Gasteiger partial charge in [-0.05, 0) is 49.4 Å². The molecule has 27 heavy (non-hydrogen) atoms. The fourth-order valence-electron chi connectivity index (χ4n) is 4.38. The molecule has 4 nitrogen and oxygen atoms in total. The van der Waals surface area contributed by atoms with E-state index in [1.807, 2.05) is 0 Å². The van der Waals surface area contributed by atoms with E-state index in [1.165, 1.54) is 22.4 Å². The molecule has 0 spiro atoms. The maximum Gasteiger partial charge on any atom is 0.227 e. The van der Waals surface area contributed by atoms with Gasteiger partial charge in [-0.3, -0.25) is 0 Å². The Morgan fingerprint density at radius 1 is 0.926 bits per heavy atom. The summed E-state index contributed by atoms with van der Waals surface area (Å²) in [6, 6.07) is 19.9. The molecule has 1 unspecified atom stereocenters. The van der Waals surface area contributed by atoms with E-state index < -0.39 is 0 Å². The van der Waals surface area contributed by atoms with E-state index in [-0.39, 0.29) is 0 Å². The first kappa shape index (κ1) is 16.3. The van der Waals surface area contributed by atoms with Crippen molar-refractivity contribution < 1.29 is 0 Å². The van der Waals surface area contributed by atoms with Gasteiger partial charge in [-0.15, -0.1) is 0 Å². The van der Waals surface area contributed by atoms with E-state index in [0.29, 0.717) is 6.04 Å². The zero-order chi connectivity index (χ0) is 18.4. The molecule has 0 amide bonds. The fraction of sp³-hybridized carbons (Fsp3) is 0.304. The van der Waals surface area contributed by atoms with Crippen LogP contribution >= 0.6 is 0 Å². The highest BCUT2D eigenvalue weighted by Gasteiger charge is 2.29. The van der Waals surface area contributed by atoms with Crippen LogP contribution in [0.2, 0.25) is 0 Å². The lowest BCUT2D eigenvalue weighted by atomic mass is 10.0. The number of anilines is 3. The van der Waals surface area contributed by atoms with Crippen LogP contribution < -0.4 is 9.80 Å². The van der Waals surface area contributed by atoms with Crippen LogP contribution in [-0.2, 0) is 19.4 Å². The van der Waals surface area contributed by atoms with Crippen LogP contribution in [0.15, 0.2) is 54.6 Å². The Bertz CT molecular complexity index is 997. The normalized spacial score (nSPS) is 18.4. The monoisotopic (exact) mass is 356 g/mol. The smallest absolute Gasteiger partial charge is 0.227 e. The third-order valence-electron chi connectivity index (χ3n) is 5.70. The Labute approximate surface area is 160 Å². The number of rotatable bonds is 2. The largest absolute Gasteiger partial charge is 0.336 e. The van der Waals surface area contributed by atoms with Gasteiger partial charge in [-0.25, -0.2) is 4.98 Å². The van der Waals surface area contributed by atoms with Gasteiger partial charge in [0.1, 0.15) is 5.82 Å². The molecular formula is C23H24N4. The second-order valence-corrected chi connectivity index (χ2v) is 7.66. The number of hydrogen-bond donors (Lipinski definition) is 0. The number of aromatic nitrogens is 2. The summed E-state index contributed by atoms with van der Waals surface area (Å²) >= 11 is 0. The summed E-state index contributed by atoms with van der Waals surface area (Å²) in [4.78, 5) is 14.5. The molecule has 0 saturated heterocycles. The van der Waals surface area contributed by atoms with Gasteiger partial charge in [-0.2, -0.15) is 4.98 Å². The average molecular weight is 356 g/mol. The molecule has 0 saturated carbocycles. The molecule has 3 aromatic rings. The van der Waals surface area contributed by atoms with Crippen molar-refractivity contribution in [3.63, 3.8) is 0 Å². The van der Waals surface area contributed by atoms with Crippen molar-refractivity contribution in [2.24, 2.45) is 0 Å². The number of benzene rings is 2. The molecule has 4 heteroatoms. The van der Waals surface area contributed by atoms with Gasteiger partial charge in [0.05, 0.1) is 0 Å². The van der Waals surface area contributed by atoms with Crippen LogP contribution in [0.25, 0.3) is 0 Å². The molecule has 5 rings (SSSR count). The van der Waals surface area contributed by atoms with Crippen LogP contribution in [-0.4, -0.2) is 22.6 Å². The SMILES string of the molecule is Cc1cc(N2c3ccccc3CC2C)nc(N2CCc3ccccc3C2)n1. The number of hydrogen-bond acceptors (Lipinski definition) is 4. The lowest BCUT2D eigenvalue weighted by Crippen LogP contribution is -2.33. The Morgan fingerprint density at radius 2 is 1.67 bits per heavy atom. The third kappa shape index (κ3) is 2.85. The molecule has 3 heterocycles. The Morgan fingerprint density at radius 3 is 2.52 bits per heavy atom. The predicted octanol–water partition coefficient (Wildman–Crippen LogP) is 4.43. The quantitative estimate of drug-likeness (QED) is 0.680. The van der Waals surface area contributed by atoms with Gasteiger partial charge in [0, 0.05) is 36.6 Å². The third-order valence-corrected chi connectivity index (χ3v) is 5.70. The second kappa shape index (κ2) is 6.38. The van der Waals surface area contributed by atoms with Crippen molar-refractivity contribution in [3.05, 3.63) is 77.0 Å². The molecule has 0 N–H and O–H groups in total. The van der Waals surface area contributed by atoms with Gasteiger partial charge in [0.15, 0.2) is 0 Å². The summed E-state index contributed by atoms with van der Waals surface area (Å²) in [6.45, 7) is 6.19. The number of aryl methyl sites for hydroxylation is 1. The molecule has 0 fully saturated rings. The summed E-state index contributed by atoms with van der Waals surface area (Å²) < 4.78 is 0. The van der Waals surface area contributed by atoms with E-state index in [4.69, 9.17) is 9.97 Å². The van der Waals surface area contributed by atoms with E-state index in [1.54, 1.807) is 0 Å². The molecule has 1 atom stereocenters. The van der Waals surface area contributed by atoms with Crippen molar-refractivity contribution in [2.75, 3.05) is 16.3 Å². The predicted molar refractivity (Wildman–Crippen MR) is 110 cm³/mol. The van der Waals surface area contributed by atoms with Gasteiger partial charge < -0.3 is 9.80 Å². The lowest BCUT2D eigenvalue weighted by Gasteiger charge is -2.30. The average Bonchev–Trinajstić information content (AvgIpc) is 3.03. The summed E-state index contributed by atoms with van der Waals surface area (Å²) in [7, 11) is 0. The zero-order valence-corrected chi connectivity index (χ0v) is 15.9. The van der Waals surface area contributed by atoms with Crippen LogP contribution in [0.3, 0.4) is 0 Å². The molecule has 0 aliphatic carbocycles. The van der Waals surface area contributed by atoms with E-state index in [0.717, 1.165) is 43.4 Å². The topological polar surface area (TPSA) is 32.3 Å². The maximum atomic E-state index is 5.00. The number of nitrogens with zero attached hydrogens (tertiary/aromatic N) is 4. The Hall–Kier alpha value is -2.88. The van der Waals surface area contributed by atoms with Crippen molar-refractivity contribution in [2.45, 2.75) is 39.3 Å². The standard InChI is InChI=1S/C23H24N4/c1-16-13-22(27-17(2)14-19-8-5-6-10-21(19)27)25-23(24-16)26-12-11-18-7-3-4-9-20(18)15-26/h3-10,13,17H,11-12,14-15H2,1-2H3. The second-order valence-electron chi connectivity index (χ2n) is 7.66. The molecule has 2 aromatic carbocycles. The summed E-state index contributed by atoms with van der Waals surface area (Å²) in [5, 5.41) is 0. The highest BCUT2D eigenvalue weighted by Crippen LogP contribution is 2.38. The van der Waals surface area contributed by atoms with Crippen molar-refractivity contribution in [3.8, 4) is 0 Å². The number of fused-ring (bicyclic) bond motifs is 2. The van der Waals surface area contributed by atoms with Crippen LogP contribution in [0, 0.1) is 6.92 Å². The number of para-hydroxylation sites is 1. The molecule has 136 valence electrons. The minimum absolute atomic E-state index is 0.409. The van der Waals surface area contributed by atoms with Crippen LogP contribution in [0.1, 0.15) is 29.3 Å². The minimum atomic E-state index is 0.409. The first-order valence-corrected chi connectivity index (χ1v) is 9.73.